The number of carbonyl (C=O) groups excluding carboxylic acids is 4. The normalized spacial score (nSPS) is 28.8. The number of likely N-dealkylation sites (N-methyl/N-ethyl adjacent to an activating group) is 1. The molecule has 4 bridgehead atoms. The summed E-state index contributed by atoms with van der Waals surface area (Å²) in [4.78, 5) is 71.6. The molecule has 1 saturated heterocycles. The molecule has 16 nitrogen and oxygen atoms in total. The van der Waals surface area contributed by atoms with Gasteiger partial charge < -0.3 is 33.9 Å². The van der Waals surface area contributed by atoms with E-state index in [-0.39, 0.29) is 53.6 Å². The van der Waals surface area contributed by atoms with Gasteiger partial charge in [0, 0.05) is 51.3 Å². The van der Waals surface area contributed by atoms with Gasteiger partial charge in [-0.1, -0.05) is 60.0 Å². The van der Waals surface area contributed by atoms with Crippen molar-refractivity contribution in [2.45, 2.75) is 94.9 Å². The largest absolute Gasteiger partial charge is 0.495 e. The van der Waals surface area contributed by atoms with Crippen LogP contribution in [0.5, 0.6) is 5.75 Å². The van der Waals surface area contributed by atoms with Gasteiger partial charge in [0.1, 0.15) is 46.3 Å². The van der Waals surface area contributed by atoms with Crippen molar-refractivity contribution < 1.29 is 48.2 Å². The maximum Gasteiger partial charge on any atom is 0.409 e. The third kappa shape index (κ3) is 10.7. The number of hydrogen-bond donors (Lipinski definition) is 2. The minimum absolute atomic E-state index is 0.000592. The molecular weight excluding hydrogens is 838 g/mol. The van der Waals surface area contributed by atoms with Gasteiger partial charge in [0.15, 0.2) is 5.72 Å². The van der Waals surface area contributed by atoms with E-state index in [0.29, 0.717) is 35.1 Å². The Kier molecular flexibility index (Phi) is 15.2. The van der Waals surface area contributed by atoms with E-state index in [4.69, 9.17) is 30.5 Å². The molecule has 2 N–H and O–H groups in total. The van der Waals surface area contributed by atoms with Crippen LogP contribution in [0.15, 0.2) is 59.3 Å². The average molecular weight is 890 g/mol. The van der Waals surface area contributed by atoms with Gasteiger partial charge in [-0.15, -0.1) is 0 Å². The zero-order valence-corrected chi connectivity index (χ0v) is 37.2. The van der Waals surface area contributed by atoms with E-state index >= 15 is 0 Å². The predicted octanol–water partition coefficient (Wildman–Crippen LogP) is 6.52. The molecule has 1 saturated carbocycles. The molecule has 3 heterocycles. The molecule has 5 rings (SSSR count). The lowest BCUT2D eigenvalue weighted by atomic mass is 9.83. The van der Waals surface area contributed by atoms with E-state index in [0.717, 1.165) is 11.1 Å². The number of benzene rings is 1. The van der Waals surface area contributed by atoms with E-state index in [1.807, 2.05) is 26.8 Å². The number of aliphatic hydroxyl groups is 1. The van der Waals surface area contributed by atoms with Crippen LogP contribution >= 0.6 is 33.2 Å². The SMILES string of the molecule is COc1cc2cc(c1Cl)N(C)C(=O)C[C@H](OC(=O)[C@H](C)N(C)C(=O)CCSSc1ccc([N+](=O)[O-])cn1)[C@@]1(C)C[C@H]1[C@H](C)[C@@H]1C[C@@](O)(NC(=O)O1)[C@H](OC)/C=C/C=C(\C)C2. The van der Waals surface area contributed by atoms with Crippen LogP contribution in [0.2, 0.25) is 5.02 Å². The van der Waals surface area contributed by atoms with Crippen molar-refractivity contribution in [2.75, 3.05) is 39.0 Å². The topological polar surface area (TPSA) is 200 Å². The van der Waals surface area contributed by atoms with Crippen molar-refractivity contribution in [2.24, 2.45) is 17.3 Å². The molecule has 3 aliphatic rings. The highest BCUT2D eigenvalue weighted by Crippen LogP contribution is 2.61. The number of hydrogen-bond acceptors (Lipinski definition) is 14. The van der Waals surface area contributed by atoms with Crippen molar-refractivity contribution in [3.05, 3.63) is 75.0 Å². The van der Waals surface area contributed by atoms with Crippen LogP contribution in [-0.2, 0) is 35.0 Å². The minimum Gasteiger partial charge on any atom is -0.495 e. The lowest BCUT2D eigenvalue weighted by Crippen LogP contribution is -2.63. The fourth-order valence-electron chi connectivity index (χ4n) is 7.71. The first-order chi connectivity index (χ1) is 28.3. The molecule has 1 aromatic carbocycles. The van der Waals surface area contributed by atoms with E-state index < -0.39 is 52.5 Å². The molecule has 3 amide bonds. The number of amides is 3. The quantitative estimate of drug-likeness (QED) is 0.0813. The Balaban J connectivity index is 1.39. The highest BCUT2D eigenvalue weighted by atomic mass is 35.5. The van der Waals surface area contributed by atoms with Gasteiger partial charge in [0.25, 0.3) is 5.69 Å². The van der Waals surface area contributed by atoms with E-state index in [2.05, 4.69) is 10.3 Å². The molecule has 2 fully saturated rings. The van der Waals surface area contributed by atoms with Crippen LogP contribution in [0.25, 0.3) is 0 Å². The molecule has 0 spiro atoms. The number of allylic oxidation sites excluding steroid dienone is 3. The summed E-state index contributed by atoms with van der Waals surface area (Å²) in [5.41, 5.74) is -0.557. The van der Waals surface area contributed by atoms with Crippen molar-refractivity contribution in [3.63, 3.8) is 0 Å². The Labute approximate surface area is 362 Å². The Bertz CT molecular complexity index is 2020. The molecule has 326 valence electrons. The van der Waals surface area contributed by atoms with E-state index in [1.54, 1.807) is 38.3 Å². The fourth-order valence-corrected chi connectivity index (χ4v) is 9.86. The standard InChI is InChI=1S/C41H52ClN5O11S2/c1-23-10-9-11-32(56-8)41(52)21-31(57-39(51)44-41)24(2)28-20-40(28,4)33(19-36(49)46(6)29-17-26(16-23)18-30(55-7)37(29)42)58-38(50)25(3)45(5)35(48)14-15-59-60-34-13-12-27(22-43-34)47(53)54/h9-13,17-18,22,24-25,28,31-33,52H,14-16,19-21H2,1-8H3,(H,44,51)/b11-9+,23-10+/t24-,25-,28-,31-,32+,33-,40-,41-/m0/s1. The molecule has 2 aromatic rings. The third-order valence-corrected chi connectivity index (χ3v) is 14.4. The number of esters is 1. The summed E-state index contributed by atoms with van der Waals surface area (Å²) in [6.07, 6.45) is 3.82. The Hall–Kier alpha value is -4.36. The highest BCUT2D eigenvalue weighted by molar-refractivity contribution is 8.76. The summed E-state index contributed by atoms with van der Waals surface area (Å²) < 4.78 is 23.2. The molecular formula is C41H52ClN5O11S2. The molecule has 1 aliphatic carbocycles. The number of rotatable bonds is 11. The first kappa shape index (κ1) is 46.7. The van der Waals surface area contributed by atoms with Crippen molar-refractivity contribution in [1.29, 1.82) is 0 Å². The summed E-state index contributed by atoms with van der Waals surface area (Å²) in [6, 6.07) is 5.47. The third-order valence-electron chi connectivity index (χ3n) is 11.7. The Morgan fingerprint density at radius 3 is 2.63 bits per heavy atom. The number of ether oxygens (including phenoxy) is 4. The number of alkyl carbamates (subject to hydrolysis) is 1. The fraction of sp³-hybridized carbons (Fsp3) is 0.537. The first-order valence-electron chi connectivity index (χ1n) is 19.4. The number of halogens is 1. The lowest BCUT2D eigenvalue weighted by molar-refractivity contribution is -0.385. The smallest absolute Gasteiger partial charge is 0.409 e. The highest BCUT2D eigenvalue weighted by Gasteiger charge is 2.62. The van der Waals surface area contributed by atoms with Crippen LogP contribution in [0.1, 0.15) is 58.9 Å². The maximum absolute atomic E-state index is 14.3. The second-order valence-corrected chi connectivity index (χ2v) is 18.6. The lowest BCUT2D eigenvalue weighted by Gasteiger charge is -2.42. The van der Waals surface area contributed by atoms with Crippen LogP contribution in [0.3, 0.4) is 0 Å². The molecule has 1 aromatic heterocycles. The molecule has 0 unspecified atom stereocenters. The summed E-state index contributed by atoms with van der Waals surface area (Å²) >= 11 is 6.80. The number of fused-ring (bicyclic) bond motifs is 5. The second kappa shape index (κ2) is 19.6. The molecule has 8 atom stereocenters. The first-order valence-corrected chi connectivity index (χ1v) is 22.1. The van der Waals surface area contributed by atoms with E-state index in [1.165, 1.54) is 71.0 Å². The van der Waals surface area contributed by atoms with Crippen molar-refractivity contribution in [1.82, 2.24) is 15.2 Å². The van der Waals surface area contributed by atoms with Crippen LogP contribution in [0, 0.1) is 27.4 Å². The zero-order chi connectivity index (χ0) is 44.1. The van der Waals surface area contributed by atoms with Gasteiger partial charge >= 0.3 is 12.1 Å². The number of aromatic nitrogens is 1. The Morgan fingerprint density at radius 2 is 1.98 bits per heavy atom. The maximum atomic E-state index is 14.3. The molecule has 60 heavy (non-hydrogen) atoms. The van der Waals surface area contributed by atoms with Gasteiger partial charge in [-0.3, -0.25) is 25.0 Å². The number of pyridine rings is 1. The predicted molar refractivity (Wildman–Crippen MR) is 228 cm³/mol. The van der Waals surface area contributed by atoms with Gasteiger partial charge in [-0.2, -0.15) is 0 Å². The monoisotopic (exact) mass is 889 g/mol. The second-order valence-electron chi connectivity index (χ2n) is 15.8. The van der Waals surface area contributed by atoms with Crippen LogP contribution < -0.4 is 15.0 Å². The van der Waals surface area contributed by atoms with E-state index in [9.17, 15) is 34.4 Å². The van der Waals surface area contributed by atoms with Gasteiger partial charge in [0.2, 0.25) is 11.8 Å². The zero-order valence-electron chi connectivity index (χ0n) is 34.8. The van der Waals surface area contributed by atoms with Gasteiger partial charge in [-0.25, -0.2) is 14.6 Å². The van der Waals surface area contributed by atoms with Crippen molar-refractivity contribution in [3.8, 4) is 5.75 Å². The van der Waals surface area contributed by atoms with Crippen LogP contribution in [0.4, 0.5) is 16.2 Å². The molecule has 0 radical (unpaired) electrons. The number of methoxy groups -OCH3 is 2. The number of nitrogens with zero attached hydrogens (tertiary/aromatic N) is 4. The van der Waals surface area contributed by atoms with Crippen LogP contribution in [-0.4, -0.2) is 108 Å². The summed E-state index contributed by atoms with van der Waals surface area (Å²) in [5.74, 6) is -1.22. The molecule has 2 aliphatic heterocycles. The van der Waals surface area contributed by atoms with Gasteiger partial charge in [-0.05, 0) is 73.1 Å². The number of anilines is 1. The minimum atomic E-state index is -1.80. The average Bonchev–Trinajstić information content (AvgIpc) is 3.91. The van der Waals surface area contributed by atoms with Crippen molar-refractivity contribution >= 4 is 68.4 Å². The summed E-state index contributed by atoms with van der Waals surface area (Å²) in [7, 11) is 8.65. The number of nitro groups is 1. The van der Waals surface area contributed by atoms with Gasteiger partial charge in [0.05, 0.1) is 24.1 Å². The number of carbonyl (C=O) groups is 4. The summed E-state index contributed by atoms with van der Waals surface area (Å²) in [5, 5.41) is 26.0. The Morgan fingerprint density at radius 1 is 1.25 bits per heavy atom. The number of nitrogens with one attached hydrogen (secondary N) is 1. The summed E-state index contributed by atoms with van der Waals surface area (Å²) in [6.45, 7) is 7.29. The molecule has 19 heteroatoms.